The van der Waals surface area contributed by atoms with E-state index >= 15 is 0 Å². The number of nitrogens with one attached hydrogen (secondary N) is 1. The second-order valence-corrected chi connectivity index (χ2v) is 6.05. The van der Waals surface area contributed by atoms with E-state index in [4.69, 9.17) is 9.47 Å². The number of hydrogen-bond acceptors (Lipinski definition) is 5. The third-order valence-corrected chi connectivity index (χ3v) is 3.96. The van der Waals surface area contributed by atoms with Crippen molar-refractivity contribution in [2.24, 2.45) is 0 Å². The van der Waals surface area contributed by atoms with Crippen LogP contribution in [0.4, 0.5) is 0 Å². The Morgan fingerprint density at radius 3 is 2.56 bits per heavy atom. The maximum absolute atomic E-state index is 11.8. The van der Waals surface area contributed by atoms with Gasteiger partial charge in [-0.25, -0.2) is 0 Å². The zero-order valence-corrected chi connectivity index (χ0v) is 15.4. The molecule has 0 aromatic heterocycles. The predicted octanol–water partition coefficient (Wildman–Crippen LogP) is 3.23. The molecule has 0 aliphatic rings. The van der Waals surface area contributed by atoms with Crippen LogP contribution in [0.5, 0.6) is 11.5 Å². The molecule has 0 aliphatic carbocycles. The first kappa shape index (κ1) is 20.8. The molecule has 0 saturated heterocycles. The lowest BCUT2D eigenvalue weighted by Gasteiger charge is -2.11. The molecule has 0 aliphatic heterocycles. The van der Waals surface area contributed by atoms with E-state index in [-0.39, 0.29) is 30.8 Å². The molecule has 2 N–H and O–H groups in total. The van der Waals surface area contributed by atoms with E-state index in [1.807, 2.05) is 6.92 Å². The average Bonchev–Trinajstić information content (AvgIpc) is 2.59. The standard InChI is InChI=1S/C19H29NO5/c1-4-5-6-7-8-9-19(23)25-13-18(22)20-12-15-11-17(24-3)16(21)10-14(15)2/h10-11,21H,4-9,12-13H2,1-3H3,(H,20,22). The number of aromatic hydroxyl groups is 1. The fourth-order valence-electron chi connectivity index (χ4n) is 2.40. The van der Waals surface area contributed by atoms with Gasteiger partial charge in [0.05, 0.1) is 7.11 Å². The van der Waals surface area contributed by atoms with Gasteiger partial charge in [0, 0.05) is 13.0 Å². The summed E-state index contributed by atoms with van der Waals surface area (Å²) in [6.07, 6.45) is 5.63. The molecular weight excluding hydrogens is 322 g/mol. The number of amides is 1. The number of methoxy groups -OCH3 is 1. The molecule has 140 valence electrons. The van der Waals surface area contributed by atoms with E-state index in [9.17, 15) is 14.7 Å². The molecule has 0 atom stereocenters. The Kier molecular flexibility index (Phi) is 9.43. The molecule has 0 radical (unpaired) electrons. The van der Waals surface area contributed by atoms with E-state index in [0.29, 0.717) is 12.2 Å². The number of esters is 1. The van der Waals surface area contributed by atoms with Crippen molar-refractivity contribution < 1.29 is 24.2 Å². The van der Waals surface area contributed by atoms with Gasteiger partial charge in [0.1, 0.15) is 0 Å². The van der Waals surface area contributed by atoms with Crippen LogP contribution in [0.2, 0.25) is 0 Å². The summed E-state index contributed by atoms with van der Waals surface area (Å²) in [6.45, 7) is 3.97. The van der Waals surface area contributed by atoms with Gasteiger partial charge < -0.3 is 19.9 Å². The molecule has 0 unspecified atom stereocenters. The van der Waals surface area contributed by atoms with Crippen LogP contribution in [-0.2, 0) is 20.9 Å². The largest absolute Gasteiger partial charge is 0.504 e. The number of benzene rings is 1. The summed E-state index contributed by atoms with van der Waals surface area (Å²) in [5, 5.41) is 12.4. The van der Waals surface area contributed by atoms with Crippen LogP contribution >= 0.6 is 0 Å². The highest BCUT2D eigenvalue weighted by Gasteiger charge is 2.10. The van der Waals surface area contributed by atoms with Gasteiger partial charge in [-0.1, -0.05) is 32.6 Å². The fourth-order valence-corrected chi connectivity index (χ4v) is 2.40. The molecule has 0 bridgehead atoms. The maximum atomic E-state index is 11.8. The number of unbranched alkanes of at least 4 members (excludes halogenated alkanes) is 4. The Bertz CT molecular complexity index is 571. The highest BCUT2D eigenvalue weighted by atomic mass is 16.5. The summed E-state index contributed by atoms with van der Waals surface area (Å²) in [5.41, 5.74) is 1.66. The summed E-state index contributed by atoms with van der Waals surface area (Å²) in [6, 6.07) is 3.26. The summed E-state index contributed by atoms with van der Waals surface area (Å²) < 4.78 is 10.0. The summed E-state index contributed by atoms with van der Waals surface area (Å²) in [7, 11) is 1.47. The number of phenolic OH excluding ortho intramolecular Hbond substituents is 1. The topological polar surface area (TPSA) is 84.9 Å². The average molecular weight is 351 g/mol. The van der Waals surface area contributed by atoms with Crippen LogP contribution in [0.1, 0.15) is 56.6 Å². The number of ether oxygens (including phenoxy) is 2. The quantitative estimate of drug-likeness (QED) is 0.472. The van der Waals surface area contributed by atoms with E-state index in [2.05, 4.69) is 12.2 Å². The first-order valence-electron chi connectivity index (χ1n) is 8.76. The Labute approximate surface area is 149 Å². The second-order valence-electron chi connectivity index (χ2n) is 6.05. The lowest BCUT2D eigenvalue weighted by atomic mass is 10.1. The summed E-state index contributed by atoms with van der Waals surface area (Å²) in [5.74, 6) is -0.285. The molecule has 1 amide bonds. The van der Waals surface area contributed by atoms with Gasteiger partial charge in [-0.05, 0) is 36.6 Å². The van der Waals surface area contributed by atoms with Crippen LogP contribution in [0, 0.1) is 6.92 Å². The van der Waals surface area contributed by atoms with Crippen molar-refractivity contribution >= 4 is 11.9 Å². The number of hydrogen-bond donors (Lipinski definition) is 2. The third-order valence-electron chi connectivity index (χ3n) is 3.96. The Hall–Kier alpha value is -2.24. The summed E-state index contributed by atoms with van der Waals surface area (Å²) >= 11 is 0. The SMILES string of the molecule is CCCCCCCC(=O)OCC(=O)NCc1cc(OC)c(O)cc1C. The number of aryl methyl sites for hydroxylation is 1. The lowest BCUT2D eigenvalue weighted by molar-refractivity contribution is -0.148. The highest BCUT2D eigenvalue weighted by Crippen LogP contribution is 2.28. The minimum absolute atomic E-state index is 0.0583. The van der Waals surface area contributed by atoms with Gasteiger partial charge in [-0.3, -0.25) is 9.59 Å². The molecule has 1 rings (SSSR count). The Morgan fingerprint density at radius 2 is 1.88 bits per heavy atom. The summed E-state index contributed by atoms with van der Waals surface area (Å²) in [4.78, 5) is 23.4. The van der Waals surface area contributed by atoms with E-state index < -0.39 is 0 Å². The van der Waals surface area contributed by atoms with Gasteiger partial charge in [0.15, 0.2) is 18.1 Å². The molecule has 0 spiro atoms. The normalized spacial score (nSPS) is 10.4. The minimum Gasteiger partial charge on any atom is -0.504 e. The fraction of sp³-hybridized carbons (Fsp3) is 0.579. The number of carbonyl (C=O) groups is 2. The van der Waals surface area contributed by atoms with Crippen LogP contribution < -0.4 is 10.1 Å². The van der Waals surface area contributed by atoms with Gasteiger partial charge in [-0.15, -0.1) is 0 Å². The molecular formula is C19H29NO5. The van der Waals surface area contributed by atoms with Gasteiger partial charge in [-0.2, -0.15) is 0 Å². The van der Waals surface area contributed by atoms with Crippen molar-refractivity contribution in [2.45, 2.75) is 58.9 Å². The smallest absolute Gasteiger partial charge is 0.306 e. The molecule has 1 aromatic carbocycles. The number of carbonyl (C=O) groups excluding carboxylic acids is 2. The zero-order chi connectivity index (χ0) is 18.7. The lowest BCUT2D eigenvalue weighted by Crippen LogP contribution is -2.28. The predicted molar refractivity (Wildman–Crippen MR) is 95.6 cm³/mol. The monoisotopic (exact) mass is 351 g/mol. The van der Waals surface area contributed by atoms with Gasteiger partial charge >= 0.3 is 5.97 Å². The van der Waals surface area contributed by atoms with Gasteiger partial charge in [0.2, 0.25) is 0 Å². The number of phenols is 1. The van der Waals surface area contributed by atoms with Crippen LogP contribution in [0.25, 0.3) is 0 Å². The van der Waals surface area contributed by atoms with E-state index in [1.54, 1.807) is 12.1 Å². The minimum atomic E-state index is -0.356. The van der Waals surface area contributed by atoms with Crippen LogP contribution in [0.3, 0.4) is 0 Å². The van der Waals surface area contributed by atoms with E-state index in [1.165, 1.54) is 13.5 Å². The van der Waals surface area contributed by atoms with Crippen molar-refractivity contribution in [3.8, 4) is 11.5 Å². The third kappa shape index (κ3) is 7.92. The maximum Gasteiger partial charge on any atom is 0.306 e. The molecule has 6 nitrogen and oxygen atoms in total. The molecule has 6 heteroatoms. The van der Waals surface area contributed by atoms with Crippen molar-refractivity contribution in [3.63, 3.8) is 0 Å². The second kappa shape index (κ2) is 11.3. The molecule has 0 saturated carbocycles. The van der Waals surface area contributed by atoms with Gasteiger partial charge in [0.25, 0.3) is 5.91 Å². The first-order chi connectivity index (χ1) is 12.0. The Balaban J connectivity index is 2.30. The molecule has 1 aromatic rings. The van der Waals surface area contributed by atoms with Crippen molar-refractivity contribution in [1.82, 2.24) is 5.32 Å². The van der Waals surface area contributed by atoms with Crippen LogP contribution in [0.15, 0.2) is 12.1 Å². The molecule has 0 heterocycles. The van der Waals surface area contributed by atoms with Crippen molar-refractivity contribution in [2.75, 3.05) is 13.7 Å². The highest BCUT2D eigenvalue weighted by molar-refractivity contribution is 5.80. The zero-order valence-electron chi connectivity index (χ0n) is 15.4. The molecule has 25 heavy (non-hydrogen) atoms. The van der Waals surface area contributed by atoms with Crippen LogP contribution in [-0.4, -0.2) is 30.7 Å². The molecule has 0 fully saturated rings. The number of rotatable bonds is 11. The van der Waals surface area contributed by atoms with Crippen molar-refractivity contribution in [3.05, 3.63) is 23.3 Å². The first-order valence-corrected chi connectivity index (χ1v) is 8.76. The van der Waals surface area contributed by atoms with Crippen molar-refractivity contribution in [1.29, 1.82) is 0 Å². The Morgan fingerprint density at radius 1 is 1.16 bits per heavy atom. The van der Waals surface area contributed by atoms with E-state index in [0.717, 1.165) is 36.8 Å².